The maximum absolute atomic E-state index is 5.30. The number of piperidine rings is 1. The molecule has 0 spiro atoms. The molecule has 1 aliphatic rings. The molecule has 0 bridgehead atoms. The first kappa shape index (κ1) is 21.9. The second-order valence-corrected chi connectivity index (χ2v) is 5.88. The molecule has 0 aliphatic carbocycles. The fourth-order valence-corrected chi connectivity index (χ4v) is 2.76. The van der Waals surface area contributed by atoms with Gasteiger partial charge in [-0.3, -0.25) is 4.99 Å². The van der Waals surface area contributed by atoms with Crippen LogP contribution >= 0.6 is 24.0 Å². The van der Waals surface area contributed by atoms with Crippen LogP contribution < -0.4 is 10.6 Å². The summed E-state index contributed by atoms with van der Waals surface area (Å²) in [7, 11) is 1.81. The quantitative estimate of drug-likeness (QED) is 0.257. The number of hydrogen-bond donors (Lipinski definition) is 2. The minimum atomic E-state index is 0. The average Bonchev–Trinajstić information content (AvgIpc) is 2.49. The molecule has 0 aromatic carbocycles. The molecule has 1 saturated heterocycles. The molecule has 1 atom stereocenters. The molecule has 0 amide bonds. The summed E-state index contributed by atoms with van der Waals surface area (Å²) >= 11 is 0. The normalized spacial score (nSPS) is 19.6. The van der Waals surface area contributed by atoms with E-state index >= 15 is 0 Å². The fourth-order valence-electron chi connectivity index (χ4n) is 2.76. The van der Waals surface area contributed by atoms with Gasteiger partial charge in [-0.25, -0.2) is 0 Å². The molecule has 0 saturated carbocycles. The van der Waals surface area contributed by atoms with Crippen LogP contribution in [-0.2, 0) is 4.74 Å². The average molecular weight is 426 g/mol. The van der Waals surface area contributed by atoms with Crippen LogP contribution in [0, 0.1) is 5.92 Å². The van der Waals surface area contributed by atoms with Gasteiger partial charge in [-0.2, -0.15) is 0 Å². The van der Waals surface area contributed by atoms with Gasteiger partial charge in [-0.1, -0.05) is 6.92 Å². The summed E-state index contributed by atoms with van der Waals surface area (Å²) in [5, 5.41) is 6.61. The van der Waals surface area contributed by atoms with Crippen molar-refractivity contribution in [2.45, 2.75) is 39.5 Å². The smallest absolute Gasteiger partial charge is 0.191 e. The van der Waals surface area contributed by atoms with E-state index in [1.54, 1.807) is 0 Å². The van der Waals surface area contributed by atoms with Gasteiger partial charge < -0.3 is 20.3 Å². The van der Waals surface area contributed by atoms with Gasteiger partial charge >= 0.3 is 0 Å². The number of nitrogens with one attached hydrogen (secondary N) is 2. The number of guanidine groups is 1. The molecule has 5 nitrogen and oxygen atoms in total. The molecular formula is C16H35IN4O. The number of nitrogens with zero attached hydrogens (tertiary/aromatic N) is 2. The molecule has 2 N–H and O–H groups in total. The molecular weight excluding hydrogens is 391 g/mol. The first-order chi connectivity index (χ1) is 10.3. The van der Waals surface area contributed by atoms with Gasteiger partial charge in [0.25, 0.3) is 0 Å². The molecule has 132 valence electrons. The van der Waals surface area contributed by atoms with E-state index in [9.17, 15) is 0 Å². The lowest BCUT2D eigenvalue weighted by molar-refractivity contribution is 0.152. The Hall–Kier alpha value is -0.0800. The van der Waals surface area contributed by atoms with Crippen LogP contribution in [-0.4, -0.2) is 63.8 Å². The highest BCUT2D eigenvalue weighted by atomic mass is 127. The second kappa shape index (κ2) is 14.5. The first-order valence-corrected chi connectivity index (χ1v) is 8.50. The highest BCUT2D eigenvalue weighted by Crippen LogP contribution is 2.15. The second-order valence-electron chi connectivity index (χ2n) is 5.88. The number of rotatable bonds is 9. The molecule has 1 fully saturated rings. The monoisotopic (exact) mass is 426 g/mol. The summed E-state index contributed by atoms with van der Waals surface area (Å²) in [5.41, 5.74) is 0. The lowest BCUT2D eigenvalue weighted by Gasteiger charge is -2.30. The van der Waals surface area contributed by atoms with Crippen molar-refractivity contribution in [1.29, 1.82) is 0 Å². The Bertz CT molecular complexity index is 289. The van der Waals surface area contributed by atoms with E-state index in [1.807, 2.05) is 14.0 Å². The SMILES string of the molecule is CCOCCNC(=NC)NCCCCN1CCCC(C)C1.I. The molecule has 22 heavy (non-hydrogen) atoms. The highest BCUT2D eigenvalue weighted by molar-refractivity contribution is 14.0. The third-order valence-electron chi connectivity index (χ3n) is 3.90. The number of likely N-dealkylation sites (tertiary alicyclic amines) is 1. The van der Waals surface area contributed by atoms with E-state index in [-0.39, 0.29) is 24.0 Å². The topological polar surface area (TPSA) is 48.9 Å². The van der Waals surface area contributed by atoms with Gasteiger partial charge in [-0.15, -0.1) is 24.0 Å². The zero-order chi connectivity index (χ0) is 15.3. The van der Waals surface area contributed by atoms with Crippen molar-refractivity contribution >= 4 is 29.9 Å². The summed E-state index contributed by atoms with van der Waals surface area (Å²) in [4.78, 5) is 6.83. The van der Waals surface area contributed by atoms with Crippen LogP contribution in [0.15, 0.2) is 4.99 Å². The summed E-state index contributed by atoms with van der Waals surface area (Å²) in [6.07, 6.45) is 5.23. The van der Waals surface area contributed by atoms with Crippen LogP contribution in [0.4, 0.5) is 0 Å². The molecule has 1 rings (SSSR count). The van der Waals surface area contributed by atoms with Gasteiger partial charge in [0.1, 0.15) is 0 Å². The van der Waals surface area contributed by atoms with E-state index in [4.69, 9.17) is 4.74 Å². The highest BCUT2D eigenvalue weighted by Gasteiger charge is 2.15. The van der Waals surface area contributed by atoms with Gasteiger partial charge in [0, 0.05) is 33.3 Å². The number of halogens is 1. The predicted molar refractivity (Wildman–Crippen MR) is 105 cm³/mol. The third kappa shape index (κ3) is 10.6. The number of ether oxygens (including phenoxy) is 1. The van der Waals surface area contributed by atoms with Crippen molar-refractivity contribution in [3.63, 3.8) is 0 Å². The summed E-state index contributed by atoms with van der Waals surface area (Å²) in [6.45, 7) is 11.5. The Labute approximate surface area is 153 Å². The Kier molecular flexibility index (Phi) is 14.5. The van der Waals surface area contributed by atoms with Crippen LogP contribution in [0.25, 0.3) is 0 Å². The number of aliphatic imine (C=N–C) groups is 1. The predicted octanol–water partition coefficient (Wildman–Crippen LogP) is 2.32. The van der Waals surface area contributed by atoms with Gasteiger partial charge in [-0.05, 0) is 51.6 Å². The maximum Gasteiger partial charge on any atom is 0.191 e. The first-order valence-electron chi connectivity index (χ1n) is 8.50. The van der Waals surface area contributed by atoms with Crippen LogP contribution in [0.5, 0.6) is 0 Å². The van der Waals surface area contributed by atoms with Crippen molar-refractivity contribution in [2.75, 3.05) is 53.0 Å². The largest absolute Gasteiger partial charge is 0.380 e. The molecule has 0 aromatic heterocycles. The van der Waals surface area contributed by atoms with E-state index in [0.717, 1.165) is 38.2 Å². The molecule has 1 aliphatic heterocycles. The Morgan fingerprint density at radius 1 is 1.27 bits per heavy atom. The third-order valence-corrected chi connectivity index (χ3v) is 3.90. The van der Waals surface area contributed by atoms with Crippen molar-refractivity contribution in [3.05, 3.63) is 0 Å². The molecule has 0 aromatic rings. The lowest BCUT2D eigenvalue weighted by Crippen LogP contribution is -2.39. The van der Waals surface area contributed by atoms with Crippen LogP contribution in [0.1, 0.15) is 39.5 Å². The molecule has 1 heterocycles. The minimum Gasteiger partial charge on any atom is -0.380 e. The summed E-state index contributed by atoms with van der Waals surface area (Å²) in [6, 6.07) is 0. The summed E-state index contributed by atoms with van der Waals surface area (Å²) < 4.78 is 5.30. The van der Waals surface area contributed by atoms with E-state index in [0.29, 0.717) is 0 Å². The van der Waals surface area contributed by atoms with Gasteiger partial charge in [0.15, 0.2) is 5.96 Å². The van der Waals surface area contributed by atoms with Crippen LogP contribution in [0.2, 0.25) is 0 Å². The Morgan fingerprint density at radius 2 is 2.05 bits per heavy atom. The number of unbranched alkanes of at least 4 members (excludes halogenated alkanes) is 1. The van der Waals surface area contributed by atoms with Crippen molar-refractivity contribution in [1.82, 2.24) is 15.5 Å². The Balaban J connectivity index is 0.00000441. The van der Waals surface area contributed by atoms with Crippen molar-refractivity contribution < 1.29 is 4.74 Å². The zero-order valence-corrected chi connectivity index (χ0v) is 16.9. The van der Waals surface area contributed by atoms with Gasteiger partial charge in [0.05, 0.1) is 6.61 Å². The van der Waals surface area contributed by atoms with Crippen molar-refractivity contribution in [3.8, 4) is 0 Å². The molecule has 1 unspecified atom stereocenters. The zero-order valence-electron chi connectivity index (χ0n) is 14.6. The standard InChI is InChI=1S/C16H34N4O.HI/c1-4-21-13-10-19-16(17-3)18-9-5-6-11-20-12-7-8-15(2)14-20;/h15H,4-14H2,1-3H3,(H2,17,18,19);1H. The van der Waals surface area contributed by atoms with Crippen LogP contribution in [0.3, 0.4) is 0 Å². The summed E-state index contributed by atoms with van der Waals surface area (Å²) in [5.74, 6) is 1.76. The van der Waals surface area contributed by atoms with E-state index < -0.39 is 0 Å². The van der Waals surface area contributed by atoms with Gasteiger partial charge in [0.2, 0.25) is 0 Å². The maximum atomic E-state index is 5.30. The fraction of sp³-hybridized carbons (Fsp3) is 0.938. The minimum absolute atomic E-state index is 0. The Morgan fingerprint density at radius 3 is 2.73 bits per heavy atom. The van der Waals surface area contributed by atoms with E-state index in [1.165, 1.54) is 45.3 Å². The van der Waals surface area contributed by atoms with Crippen molar-refractivity contribution in [2.24, 2.45) is 10.9 Å². The lowest BCUT2D eigenvalue weighted by atomic mass is 10.0. The van der Waals surface area contributed by atoms with E-state index in [2.05, 4.69) is 27.4 Å². The molecule has 6 heteroatoms. The molecule has 0 radical (unpaired) electrons. The number of hydrogen-bond acceptors (Lipinski definition) is 3.